The first-order chi connectivity index (χ1) is 9.28. The van der Waals surface area contributed by atoms with E-state index in [-0.39, 0.29) is 5.97 Å². The van der Waals surface area contributed by atoms with E-state index < -0.39 is 0 Å². The average Bonchev–Trinajstić information content (AvgIpc) is 3.13. The monoisotopic (exact) mass is 260 g/mol. The zero-order valence-corrected chi connectivity index (χ0v) is 11.8. The molecule has 2 nitrogen and oxygen atoms in total. The fourth-order valence-electron chi connectivity index (χ4n) is 5.88. The highest BCUT2D eigenvalue weighted by Gasteiger charge is 2.60. The molecule has 2 heteroatoms. The van der Waals surface area contributed by atoms with Crippen molar-refractivity contribution in [3.8, 4) is 0 Å². The van der Waals surface area contributed by atoms with Crippen molar-refractivity contribution in [3.05, 3.63) is 12.2 Å². The minimum atomic E-state index is 0.0506. The third-order valence-corrected chi connectivity index (χ3v) is 6.30. The Labute approximate surface area is 115 Å². The molecule has 4 bridgehead atoms. The molecule has 0 radical (unpaired) electrons. The highest BCUT2D eigenvalue weighted by atomic mass is 16.5. The van der Waals surface area contributed by atoms with E-state index in [0.717, 1.165) is 41.9 Å². The topological polar surface area (TPSA) is 26.3 Å². The standard InChI is InChI=1S/C17H24O2/c1-2-5-19-15(18)9-12-7-13-8-14(12)17-11-4-3-10(6-11)16(13)17/h3-4,10-14,16-17H,2,5-9H2,1H3. The highest BCUT2D eigenvalue weighted by molar-refractivity contribution is 5.69. The fraction of sp³-hybridized carbons (Fsp3) is 0.824. The summed E-state index contributed by atoms with van der Waals surface area (Å²) in [4.78, 5) is 11.9. The average molecular weight is 260 g/mol. The Bertz CT molecular complexity index is 413. The lowest BCUT2D eigenvalue weighted by Crippen LogP contribution is -2.32. The third-order valence-electron chi connectivity index (χ3n) is 6.30. The number of esters is 1. The molecule has 0 N–H and O–H groups in total. The number of rotatable bonds is 4. The van der Waals surface area contributed by atoms with E-state index in [1.165, 1.54) is 19.3 Å². The molecule has 7 unspecified atom stereocenters. The number of hydrogen-bond acceptors (Lipinski definition) is 2. The van der Waals surface area contributed by atoms with Gasteiger partial charge in [-0.1, -0.05) is 19.1 Å². The second kappa shape index (κ2) is 4.36. The van der Waals surface area contributed by atoms with Crippen LogP contribution in [0.25, 0.3) is 0 Å². The molecule has 0 amide bonds. The maximum absolute atomic E-state index is 11.9. The highest BCUT2D eigenvalue weighted by Crippen LogP contribution is 2.67. The van der Waals surface area contributed by atoms with E-state index in [0.29, 0.717) is 18.9 Å². The van der Waals surface area contributed by atoms with Gasteiger partial charge >= 0.3 is 5.97 Å². The summed E-state index contributed by atoms with van der Waals surface area (Å²) < 4.78 is 5.28. The molecule has 3 fully saturated rings. The van der Waals surface area contributed by atoms with Gasteiger partial charge in [0.25, 0.3) is 0 Å². The van der Waals surface area contributed by atoms with Crippen LogP contribution < -0.4 is 0 Å². The predicted molar refractivity (Wildman–Crippen MR) is 73.3 cm³/mol. The van der Waals surface area contributed by atoms with Crippen molar-refractivity contribution in [1.82, 2.24) is 0 Å². The lowest BCUT2D eigenvalue weighted by molar-refractivity contribution is -0.145. The molecule has 104 valence electrons. The summed E-state index contributed by atoms with van der Waals surface area (Å²) in [5.41, 5.74) is 0. The number of hydrogen-bond donors (Lipinski definition) is 0. The Hall–Kier alpha value is -0.790. The first kappa shape index (κ1) is 12.0. The SMILES string of the molecule is CCCOC(=O)CC1CC2CC1C1C3C=CC(C3)C21. The summed E-state index contributed by atoms with van der Waals surface area (Å²) in [5.74, 6) is 6.04. The van der Waals surface area contributed by atoms with Crippen molar-refractivity contribution < 1.29 is 9.53 Å². The van der Waals surface area contributed by atoms with Crippen LogP contribution in [0.15, 0.2) is 12.2 Å². The van der Waals surface area contributed by atoms with Crippen LogP contribution in [-0.2, 0) is 9.53 Å². The van der Waals surface area contributed by atoms with E-state index >= 15 is 0 Å². The Kier molecular flexibility index (Phi) is 2.75. The van der Waals surface area contributed by atoms with Gasteiger partial charge in [-0.25, -0.2) is 0 Å². The molecule has 4 aliphatic carbocycles. The molecule has 0 spiro atoms. The van der Waals surface area contributed by atoms with E-state index in [2.05, 4.69) is 19.1 Å². The molecule has 3 saturated carbocycles. The third kappa shape index (κ3) is 1.71. The van der Waals surface area contributed by atoms with Crippen LogP contribution in [0.1, 0.15) is 39.0 Å². The number of carbonyl (C=O) groups excluding carboxylic acids is 1. The fourth-order valence-corrected chi connectivity index (χ4v) is 5.88. The van der Waals surface area contributed by atoms with E-state index in [1.54, 1.807) is 0 Å². The van der Waals surface area contributed by atoms with Crippen LogP contribution >= 0.6 is 0 Å². The molecule has 0 aromatic rings. The van der Waals surface area contributed by atoms with Crippen molar-refractivity contribution in [2.75, 3.05) is 6.61 Å². The van der Waals surface area contributed by atoms with Crippen molar-refractivity contribution in [1.29, 1.82) is 0 Å². The molecule has 0 aliphatic heterocycles. The minimum absolute atomic E-state index is 0.0506. The van der Waals surface area contributed by atoms with Gasteiger partial charge in [0, 0.05) is 6.42 Å². The Morgan fingerprint density at radius 3 is 2.74 bits per heavy atom. The minimum Gasteiger partial charge on any atom is -0.466 e. The molecular weight excluding hydrogens is 236 g/mol. The maximum atomic E-state index is 11.9. The van der Waals surface area contributed by atoms with Gasteiger partial charge in [-0.3, -0.25) is 4.79 Å². The maximum Gasteiger partial charge on any atom is 0.306 e. The van der Waals surface area contributed by atoms with Crippen molar-refractivity contribution >= 4 is 5.97 Å². The molecule has 0 saturated heterocycles. The van der Waals surface area contributed by atoms with E-state index in [9.17, 15) is 4.79 Å². The van der Waals surface area contributed by atoms with Crippen LogP contribution in [0.5, 0.6) is 0 Å². The van der Waals surface area contributed by atoms with E-state index in [4.69, 9.17) is 4.74 Å². The Morgan fingerprint density at radius 1 is 1.16 bits per heavy atom. The molecule has 7 atom stereocenters. The van der Waals surface area contributed by atoms with Crippen molar-refractivity contribution in [3.63, 3.8) is 0 Å². The first-order valence-electron chi connectivity index (χ1n) is 8.12. The summed E-state index contributed by atoms with van der Waals surface area (Å²) in [7, 11) is 0. The van der Waals surface area contributed by atoms with Gasteiger partial charge in [0.15, 0.2) is 0 Å². The van der Waals surface area contributed by atoms with Gasteiger partial charge in [-0.2, -0.15) is 0 Å². The van der Waals surface area contributed by atoms with Gasteiger partial charge in [-0.15, -0.1) is 0 Å². The first-order valence-corrected chi connectivity index (χ1v) is 8.12. The summed E-state index contributed by atoms with van der Waals surface area (Å²) >= 11 is 0. The second-order valence-electron chi connectivity index (χ2n) is 7.18. The number of allylic oxidation sites excluding steroid dienone is 2. The van der Waals surface area contributed by atoms with Gasteiger partial charge in [0.2, 0.25) is 0 Å². The number of fused-ring (bicyclic) bond motifs is 9. The summed E-state index contributed by atoms with van der Waals surface area (Å²) in [6.45, 7) is 2.65. The zero-order valence-electron chi connectivity index (χ0n) is 11.8. The van der Waals surface area contributed by atoms with Gasteiger partial charge in [0.1, 0.15) is 0 Å². The Balaban J connectivity index is 1.42. The van der Waals surface area contributed by atoms with Gasteiger partial charge < -0.3 is 4.74 Å². The van der Waals surface area contributed by atoms with Crippen molar-refractivity contribution in [2.24, 2.45) is 41.4 Å². The van der Waals surface area contributed by atoms with Crippen LogP contribution in [0.4, 0.5) is 0 Å². The molecule has 19 heavy (non-hydrogen) atoms. The molecular formula is C17H24O2. The molecule has 4 rings (SSSR count). The Morgan fingerprint density at radius 2 is 1.95 bits per heavy atom. The van der Waals surface area contributed by atoms with E-state index in [1.807, 2.05) is 0 Å². The van der Waals surface area contributed by atoms with Crippen LogP contribution in [0.2, 0.25) is 0 Å². The normalized spacial score (nSPS) is 48.8. The van der Waals surface area contributed by atoms with Gasteiger partial charge in [-0.05, 0) is 67.1 Å². The van der Waals surface area contributed by atoms with Crippen LogP contribution in [0.3, 0.4) is 0 Å². The lowest BCUT2D eigenvalue weighted by Gasteiger charge is -2.36. The predicted octanol–water partition coefficient (Wildman–Crippen LogP) is 3.42. The summed E-state index contributed by atoms with van der Waals surface area (Å²) in [5, 5.41) is 0. The molecule has 0 aromatic carbocycles. The summed E-state index contributed by atoms with van der Waals surface area (Å²) in [6.07, 6.45) is 10.7. The van der Waals surface area contributed by atoms with Crippen LogP contribution in [-0.4, -0.2) is 12.6 Å². The van der Waals surface area contributed by atoms with Crippen molar-refractivity contribution in [2.45, 2.75) is 39.0 Å². The smallest absolute Gasteiger partial charge is 0.306 e. The quantitative estimate of drug-likeness (QED) is 0.440. The molecule has 4 aliphatic rings. The molecule has 0 aromatic heterocycles. The number of carbonyl (C=O) groups is 1. The number of ether oxygens (including phenoxy) is 1. The zero-order chi connectivity index (χ0) is 13.0. The van der Waals surface area contributed by atoms with Gasteiger partial charge in [0.05, 0.1) is 6.61 Å². The van der Waals surface area contributed by atoms with Crippen LogP contribution in [0, 0.1) is 41.4 Å². The largest absolute Gasteiger partial charge is 0.466 e. The summed E-state index contributed by atoms with van der Waals surface area (Å²) in [6, 6.07) is 0. The second-order valence-corrected chi connectivity index (χ2v) is 7.18. The lowest BCUT2D eigenvalue weighted by atomic mass is 9.69. The molecule has 0 heterocycles.